The van der Waals surface area contributed by atoms with Crippen molar-refractivity contribution in [3.8, 4) is 0 Å². The first-order chi connectivity index (χ1) is 6.36. The largest absolute Gasteiger partial charge is 0.256 e. The van der Waals surface area contributed by atoms with Gasteiger partial charge < -0.3 is 0 Å². The third-order valence-corrected chi connectivity index (χ3v) is 2.23. The van der Waals surface area contributed by atoms with Crippen LogP contribution in [0.1, 0.15) is 19.0 Å². The number of allylic oxidation sites excluding steroid dienone is 4. The van der Waals surface area contributed by atoms with E-state index in [0.29, 0.717) is 5.92 Å². The van der Waals surface area contributed by atoms with E-state index in [0.717, 1.165) is 12.1 Å². The molecule has 1 heterocycles. The Balaban J connectivity index is 2.32. The molecule has 0 amide bonds. The van der Waals surface area contributed by atoms with E-state index in [1.807, 2.05) is 24.4 Å². The molecule has 0 spiro atoms. The van der Waals surface area contributed by atoms with Crippen LogP contribution in [0.5, 0.6) is 0 Å². The maximum Gasteiger partial charge on any atom is 0.0698 e. The summed E-state index contributed by atoms with van der Waals surface area (Å²) in [7, 11) is 0. The molecule has 0 saturated heterocycles. The molecule has 1 atom stereocenters. The van der Waals surface area contributed by atoms with Crippen molar-refractivity contribution >= 4 is 5.57 Å². The number of nitrogens with zero attached hydrogens (tertiary/aromatic N) is 1. The highest BCUT2D eigenvalue weighted by Crippen LogP contribution is 2.22. The second kappa shape index (κ2) is 3.56. The van der Waals surface area contributed by atoms with Crippen LogP contribution in [0.25, 0.3) is 5.57 Å². The lowest BCUT2D eigenvalue weighted by atomic mass is 9.96. The smallest absolute Gasteiger partial charge is 0.0698 e. The van der Waals surface area contributed by atoms with Gasteiger partial charge in [-0.2, -0.15) is 0 Å². The maximum atomic E-state index is 4.32. The fourth-order valence-corrected chi connectivity index (χ4v) is 1.54. The van der Waals surface area contributed by atoms with Crippen LogP contribution >= 0.6 is 0 Å². The number of rotatable bonds is 1. The minimum absolute atomic E-state index is 0.641. The monoisotopic (exact) mass is 171 g/mol. The molecule has 13 heavy (non-hydrogen) atoms. The predicted octanol–water partition coefficient (Wildman–Crippen LogP) is 3.06. The Labute approximate surface area is 78.8 Å². The average Bonchev–Trinajstić information content (AvgIpc) is 2.19. The van der Waals surface area contributed by atoms with Crippen molar-refractivity contribution in [1.29, 1.82) is 0 Å². The summed E-state index contributed by atoms with van der Waals surface area (Å²) in [4.78, 5) is 4.32. The Morgan fingerprint density at radius 2 is 2.31 bits per heavy atom. The van der Waals surface area contributed by atoms with Crippen molar-refractivity contribution in [2.45, 2.75) is 13.3 Å². The topological polar surface area (TPSA) is 12.9 Å². The third-order valence-electron chi connectivity index (χ3n) is 2.23. The minimum atomic E-state index is 0.641. The van der Waals surface area contributed by atoms with Crippen LogP contribution in [0.4, 0.5) is 0 Å². The molecule has 1 nitrogen and oxygen atoms in total. The van der Waals surface area contributed by atoms with E-state index in [2.05, 4.69) is 30.1 Å². The zero-order chi connectivity index (χ0) is 9.10. The molecule has 0 N–H and O–H groups in total. The number of aromatic nitrogens is 1. The van der Waals surface area contributed by atoms with Crippen molar-refractivity contribution in [2.75, 3.05) is 0 Å². The average molecular weight is 171 g/mol. The van der Waals surface area contributed by atoms with Crippen LogP contribution in [-0.4, -0.2) is 4.98 Å². The first-order valence-electron chi connectivity index (χ1n) is 4.66. The van der Waals surface area contributed by atoms with Crippen LogP contribution < -0.4 is 0 Å². The van der Waals surface area contributed by atoms with E-state index in [9.17, 15) is 0 Å². The number of hydrogen-bond acceptors (Lipinski definition) is 1. The molecule has 1 aromatic heterocycles. The Morgan fingerprint density at radius 1 is 1.38 bits per heavy atom. The molecule has 0 saturated carbocycles. The molecular formula is C12H13N. The van der Waals surface area contributed by atoms with Gasteiger partial charge in [-0.3, -0.25) is 4.98 Å². The van der Waals surface area contributed by atoms with Crippen molar-refractivity contribution in [3.63, 3.8) is 0 Å². The molecule has 0 radical (unpaired) electrons. The van der Waals surface area contributed by atoms with E-state index in [1.165, 1.54) is 5.57 Å². The highest BCUT2D eigenvalue weighted by molar-refractivity contribution is 5.72. The number of pyridine rings is 1. The summed E-state index contributed by atoms with van der Waals surface area (Å²) in [5.74, 6) is 0.641. The molecule has 1 aliphatic carbocycles. The summed E-state index contributed by atoms with van der Waals surface area (Å²) in [6.07, 6.45) is 9.64. The quantitative estimate of drug-likeness (QED) is 0.632. The summed E-state index contributed by atoms with van der Waals surface area (Å²) >= 11 is 0. The molecular weight excluding hydrogens is 158 g/mol. The van der Waals surface area contributed by atoms with Gasteiger partial charge in [-0.15, -0.1) is 0 Å². The molecule has 1 aromatic rings. The third kappa shape index (κ3) is 1.86. The van der Waals surface area contributed by atoms with Crippen LogP contribution in [0.2, 0.25) is 0 Å². The standard InChI is InChI=1S/C12H13N/c1-10-5-4-6-11(9-10)12-7-2-3-8-13-12/h2-4,6-10H,5H2,1H3. The fraction of sp³-hybridized carbons (Fsp3) is 0.250. The Kier molecular flexibility index (Phi) is 2.26. The van der Waals surface area contributed by atoms with Gasteiger partial charge in [0.15, 0.2) is 0 Å². The summed E-state index contributed by atoms with van der Waals surface area (Å²) in [5.41, 5.74) is 2.32. The fourth-order valence-electron chi connectivity index (χ4n) is 1.54. The second-order valence-electron chi connectivity index (χ2n) is 3.45. The molecule has 0 fully saturated rings. The predicted molar refractivity (Wildman–Crippen MR) is 55.1 cm³/mol. The number of hydrogen-bond donors (Lipinski definition) is 0. The van der Waals surface area contributed by atoms with Crippen molar-refractivity contribution in [2.24, 2.45) is 5.92 Å². The lowest BCUT2D eigenvalue weighted by molar-refractivity contribution is 0.739. The summed E-state index contributed by atoms with van der Waals surface area (Å²) in [6.45, 7) is 2.23. The van der Waals surface area contributed by atoms with Gasteiger partial charge in [-0.1, -0.05) is 31.2 Å². The summed E-state index contributed by atoms with van der Waals surface area (Å²) < 4.78 is 0. The van der Waals surface area contributed by atoms with Crippen molar-refractivity contribution < 1.29 is 0 Å². The lowest BCUT2D eigenvalue weighted by Gasteiger charge is -2.11. The van der Waals surface area contributed by atoms with Crippen LogP contribution in [-0.2, 0) is 0 Å². The zero-order valence-electron chi connectivity index (χ0n) is 7.77. The minimum Gasteiger partial charge on any atom is -0.256 e. The zero-order valence-corrected chi connectivity index (χ0v) is 7.77. The van der Waals surface area contributed by atoms with Gasteiger partial charge in [0, 0.05) is 6.20 Å². The molecule has 0 aromatic carbocycles. The Morgan fingerprint density at radius 3 is 3.00 bits per heavy atom. The van der Waals surface area contributed by atoms with Crippen LogP contribution in [0.15, 0.2) is 42.6 Å². The first kappa shape index (κ1) is 8.24. The lowest BCUT2D eigenvalue weighted by Crippen LogP contribution is -1.96. The molecule has 0 aliphatic heterocycles. The van der Waals surface area contributed by atoms with Gasteiger partial charge in [0.25, 0.3) is 0 Å². The highest BCUT2D eigenvalue weighted by Gasteiger charge is 2.05. The van der Waals surface area contributed by atoms with Crippen LogP contribution in [0.3, 0.4) is 0 Å². The normalized spacial score (nSPS) is 21.3. The van der Waals surface area contributed by atoms with E-state index in [-0.39, 0.29) is 0 Å². The molecule has 66 valence electrons. The van der Waals surface area contributed by atoms with Gasteiger partial charge in [0.2, 0.25) is 0 Å². The summed E-state index contributed by atoms with van der Waals surface area (Å²) in [6, 6.07) is 6.02. The van der Waals surface area contributed by atoms with E-state index in [4.69, 9.17) is 0 Å². The van der Waals surface area contributed by atoms with Gasteiger partial charge in [-0.05, 0) is 30.0 Å². The van der Waals surface area contributed by atoms with E-state index >= 15 is 0 Å². The van der Waals surface area contributed by atoms with Gasteiger partial charge in [-0.25, -0.2) is 0 Å². The first-order valence-corrected chi connectivity index (χ1v) is 4.66. The Bertz CT molecular complexity index is 335. The highest BCUT2D eigenvalue weighted by atomic mass is 14.7. The molecule has 0 bridgehead atoms. The molecule has 1 unspecified atom stereocenters. The van der Waals surface area contributed by atoms with Crippen molar-refractivity contribution in [1.82, 2.24) is 4.98 Å². The SMILES string of the molecule is CC1C=C(c2ccccn2)C=CC1. The molecule has 1 heteroatoms. The molecule has 1 aliphatic rings. The van der Waals surface area contributed by atoms with Gasteiger partial charge in [0.05, 0.1) is 5.69 Å². The van der Waals surface area contributed by atoms with Crippen molar-refractivity contribution in [3.05, 3.63) is 48.3 Å². The second-order valence-corrected chi connectivity index (χ2v) is 3.45. The van der Waals surface area contributed by atoms with E-state index in [1.54, 1.807) is 0 Å². The van der Waals surface area contributed by atoms with E-state index < -0.39 is 0 Å². The molecule has 2 rings (SSSR count). The maximum absolute atomic E-state index is 4.32. The summed E-state index contributed by atoms with van der Waals surface area (Å²) in [5, 5.41) is 0. The Hall–Kier alpha value is -1.37. The van der Waals surface area contributed by atoms with Gasteiger partial charge >= 0.3 is 0 Å². The van der Waals surface area contributed by atoms with Gasteiger partial charge in [0.1, 0.15) is 0 Å². The van der Waals surface area contributed by atoms with Crippen LogP contribution in [0, 0.1) is 5.92 Å².